The van der Waals surface area contributed by atoms with Gasteiger partial charge in [-0.25, -0.2) is 0 Å². The van der Waals surface area contributed by atoms with Gasteiger partial charge in [0.2, 0.25) is 0 Å². The molecule has 0 unspecified atom stereocenters. The molecule has 1 heterocycles. The second-order valence-corrected chi connectivity index (χ2v) is 5.34. The van der Waals surface area contributed by atoms with Crippen LogP contribution in [0.4, 0.5) is 0 Å². The molecule has 1 aromatic carbocycles. The van der Waals surface area contributed by atoms with Crippen molar-refractivity contribution >= 4 is 5.91 Å². The number of ether oxygens (including phenoxy) is 1. The van der Waals surface area contributed by atoms with Crippen molar-refractivity contribution in [3.63, 3.8) is 0 Å². The van der Waals surface area contributed by atoms with E-state index in [-0.39, 0.29) is 12.5 Å². The second-order valence-electron chi connectivity index (χ2n) is 5.34. The van der Waals surface area contributed by atoms with E-state index in [9.17, 15) is 4.79 Å². The number of carbonyl (C=O) groups excluding carboxylic acids is 1. The molecule has 1 aliphatic heterocycles. The Morgan fingerprint density at radius 3 is 2.65 bits per heavy atom. The van der Waals surface area contributed by atoms with Crippen molar-refractivity contribution in [2.24, 2.45) is 5.92 Å². The van der Waals surface area contributed by atoms with Gasteiger partial charge in [-0.3, -0.25) is 4.79 Å². The minimum atomic E-state index is -0.0489. The van der Waals surface area contributed by atoms with Gasteiger partial charge in [0, 0.05) is 13.1 Å². The Bertz CT molecular complexity index is 465. The zero-order chi connectivity index (χ0) is 14.5. The van der Waals surface area contributed by atoms with Crippen LogP contribution in [0, 0.1) is 5.92 Å². The van der Waals surface area contributed by atoms with Crippen molar-refractivity contribution in [3.8, 4) is 5.75 Å². The SMILES string of the molecule is CCC1CCN(C(=O)c2ccc(CO)cc2OC)CC1. The molecule has 1 aromatic rings. The molecule has 20 heavy (non-hydrogen) atoms. The minimum absolute atomic E-state index is 0.0286. The third-order valence-electron chi connectivity index (χ3n) is 4.16. The molecule has 4 heteroatoms. The molecule has 0 atom stereocenters. The summed E-state index contributed by atoms with van der Waals surface area (Å²) in [6, 6.07) is 5.25. The molecule has 1 saturated heterocycles. The van der Waals surface area contributed by atoms with E-state index in [0.29, 0.717) is 11.3 Å². The third-order valence-corrected chi connectivity index (χ3v) is 4.16. The summed E-state index contributed by atoms with van der Waals surface area (Å²) in [4.78, 5) is 14.5. The van der Waals surface area contributed by atoms with Gasteiger partial charge in [-0.15, -0.1) is 0 Å². The molecule has 1 amide bonds. The summed E-state index contributed by atoms with van der Waals surface area (Å²) in [7, 11) is 1.55. The molecular weight excluding hydrogens is 254 g/mol. The van der Waals surface area contributed by atoms with E-state index in [1.807, 2.05) is 4.90 Å². The quantitative estimate of drug-likeness (QED) is 0.919. The molecule has 2 rings (SSSR count). The number of nitrogens with zero attached hydrogens (tertiary/aromatic N) is 1. The summed E-state index contributed by atoms with van der Waals surface area (Å²) in [5.74, 6) is 1.32. The smallest absolute Gasteiger partial charge is 0.257 e. The van der Waals surface area contributed by atoms with Gasteiger partial charge in [0.25, 0.3) is 5.91 Å². The number of benzene rings is 1. The van der Waals surface area contributed by atoms with Crippen LogP contribution in [-0.2, 0) is 6.61 Å². The lowest BCUT2D eigenvalue weighted by Gasteiger charge is -2.31. The molecular formula is C16H23NO3. The van der Waals surface area contributed by atoms with Crippen LogP contribution in [0.5, 0.6) is 5.75 Å². The number of piperidine rings is 1. The highest BCUT2D eigenvalue weighted by Gasteiger charge is 2.24. The first kappa shape index (κ1) is 14.9. The summed E-state index contributed by atoms with van der Waals surface area (Å²) in [5, 5.41) is 9.14. The molecule has 0 saturated carbocycles. The number of aliphatic hydroxyl groups is 1. The molecule has 0 spiro atoms. The Morgan fingerprint density at radius 1 is 1.40 bits per heavy atom. The minimum Gasteiger partial charge on any atom is -0.496 e. The Hall–Kier alpha value is -1.55. The first-order valence-electron chi connectivity index (χ1n) is 7.26. The molecule has 4 nitrogen and oxygen atoms in total. The van der Waals surface area contributed by atoms with Gasteiger partial charge < -0.3 is 14.7 Å². The van der Waals surface area contributed by atoms with Crippen molar-refractivity contribution in [3.05, 3.63) is 29.3 Å². The van der Waals surface area contributed by atoms with E-state index in [0.717, 1.165) is 37.4 Å². The maximum absolute atomic E-state index is 12.6. The molecule has 1 fully saturated rings. The van der Waals surface area contributed by atoms with Gasteiger partial charge >= 0.3 is 0 Å². The molecule has 0 radical (unpaired) electrons. The van der Waals surface area contributed by atoms with Crippen LogP contribution < -0.4 is 4.74 Å². The summed E-state index contributed by atoms with van der Waals surface area (Å²) in [6.07, 6.45) is 3.36. The van der Waals surface area contributed by atoms with Gasteiger partial charge in [0.1, 0.15) is 5.75 Å². The van der Waals surface area contributed by atoms with E-state index < -0.39 is 0 Å². The number of methoxy groups -OCH3 is 1. The highest BCUT2D eigenvalue weighted by atomic mass is 16.5. The predicted octanol–water partition coefficient (Wildman–Crippen LogP) is 2.45. The third kappa shape index (κ3) is 3.12. The van der Waals surface area contributed by atoms with Crippen LogP contribution in [0.25, 0.3) is 0 Å². The standard InChI is InChI=1S/C16H23NO3/c1-3-12-6-8-17(9-7-12)16(19)14-5-4-13(11-18)10-15(14)20-2/h4-5,10,12,18H,3,6-9,11H2,1-2H3. The van der Waals surface area contributed by atoms with Gasteiger partial charge in [0.15, 0.2) is 0 Å². The molecule has 0 bridgehead atoms. The monoisotopic (exact) mass is 277 g/mol. The Kier molecular flexibility index (Phi) is 5.01. The second kappa shape index (κ2) is 6.75. The number of aliphatic hydroxyl groups excluding tert-OH is 1. The lowest BCUT2D eigenvalue weighted by atomic mass is 9.94. The molecule has 0 aromatic heterocycles. The van der Waals surface area contributed by atoms with Crippen LogP contribution in [0.1, 0.15) is 42.1 Å². The van der Waals surface area contributed by atoms with Crippen LogP contribution >= 0.6 is 0 Å². The molecule has 0 aliphatic carbocycles. The van der Waals surface area contributed by atoms with Crippen molar-refractivity contribution in [2.75, 3.05) is 20.2 Å². The van der Waals surface area contributed by atoms with E-state index in [1.165, 1.54) is 6.42 Å². The number of carbonyl (C=O) groups is 1. The predicted molar refractivity (Wildman–Crippen MR) is 77.8 cm³/mol. The average molecular weight is 277 g/mol. The Balaban J connectivity index is 2.13. The number of hydrogen-bond acceptors (Lipinski definition) is 3. The van der Waals surface area contributed by atoms with Crippen LogP contribution in [0.3, 0.4) is 0 Å². The summed E-state index contributed by atoms with van der Waals surface area (Å²) in [5.41, 5.74) is 1.34. The topological polar surface area (TPSA) is 49.8 Å². The summed E-state index contributed by atoms with van der Waals surface area (Å²) in [6.45, 7) is 3.80. The van der Waals surface area contributed by atoms with E-state index >= 15 is 0 Å². The Labute approximate surface area is 120 Å². The lowest BCUT2D eigenvalue weighted by Crippen LogP contribution is -2.38. The fourth-order valence-electron chi connectivity index (χ4n) is 2.73. The normalized spacial score (nSPS) is 16.2. The fourth-order valence-corrected chi connectivity index (χ4v) is 2.73. The number of likely N-dealkylation sites (tertiary alicyclic amines) is 1. The first-order chi connectivity index (χ1) is 9.69. The van der Waals surface area contributed by atoms with Crippen molar-refractivity contribution in [1.82, 2.24) is 4.90 Å². The van der Waals surface area contributed by atoms with Gasteiger partial charge in [0.05, 0.1) is 19.3 Å². The van der Waals surface area contributed by atoms with Crippen molar-refractivity contribution in [2.45, 2.75) is 32.8 Å². The van der Waals surface area contributed by atoms with Crippen molar-refractivity contribution < 1.29 is 14.6 Å². The van der Waals surface area contributed by atoms with Crippen LogP contribution in [0.15, 0.2) is 18.2 Å². The van der Waals surface area contributed by atoms with Crippen LogP contribution in [0.2, 0.25) is 0 Å². The zero-order valence-corrected chi connectivity index (χ0v) is 12.3. The maximum Gasteiger partial charge on any atom is 0.257 e. The summed E-state index contributed by atoms with van der Waals surface area (Å²) >= 11 is 0. The number of hydrogen-bond donors (Lipinski definition) is 1. The Morgan fingerprint density at radius 2 is 2.10 bits per heavy atom. The van der Waals surface area contributed by atoms with Gasteiger partial charge in [-0.2, -0.15) is 0 Å². The maximum atomic E-state index is 12.6. The highest BCUT2D eigenvalue weighted by Crippen LogP contribution is 2.25. The molecule has 110 valence electrons. The number of amides is 1. The largest absolute Gasteiger partial charge is 0.496 e. The van der Waals surface area contributed by atoms with Gasteiger partial charge in [-0.05, 0) is 36.5 Å². The highest BCUT2D eigenvalue weighted by molar-refractivity contribution is 5.97. The fraction of sp³-hybridized carbons (Fsp3) is 0.562. The zero-order valence-electron chi connectivity index (χ0n) is 12.3. The van der Waals surface area contributed by atoms with E-state index in [1.54, 1.807) is 25.3 Å². The first-order valence-corrected chi connectivity index (χ1v) is 7.26. The van der Waals surface area contributed by atoms with Crippen molar-refractivity contribution in [1.29, 1.82) is 0 Å². The van der Waals surface area contributed by atoms with Crippen LogP contribution in [-0.4, -0.2) is 36.1 Å². The molecule has 1 aliphatic rings. The number of rotatable bonds is 4. The van der Waals surface area contributed by atoms with E-state index in [4.69, 9.17) is 9.84 Å². The van der Waals surface area contributed by atoms with E-state index in [2.05, 4.69) is 6.92 Å². The summed E-state index contributed by atoms with van der Waals surface area (Å²) < 4.78 is 5.28. The molecule has 1 N–H and O–H groups in total. The average Bonchev–Trinajstić information content (AvgIpc) is 2.53. The lowest BCUT2D eigenvalue weighted by molar-refractivity contribution is 0.0685. The van der Waals surface area contributed by atoms with Gasteiger partial charge in [-0.1, -0.05) is 19.4 Å².